The number of halogens is 3. The summed E-state index contributed by atoms with van der Waals surface area (Å²) < 4.78 is 42.6. The number of aromatic nitrogens is 4. The topological polar surface area (TPSA) is 146 Å². The number of alkyl halides is 3. The molecule has 3 heterocycles. The lowest BCUT2D eigenvalue weighted by Gasteiger charge is -2.31. The highest BCUT2D eigenvalue weighted by Crippen LogP contribution is 2.41. The molecular weight excluding hydrogens is 585 g/mol. The molecule has 4 atom stereocenters. The van der Waals surface area contributed by atoms with Crippen LogP contribution in [0.4, 0.5) is 24.9 Å². The number of aryl methyl sites for hydroxylation is 3. The Bertz CT molecular complexity index is 1620. The number of aliphatic hydroxyl groups is 3. The Morgan fingerprint density at radius 1 is 1.14 bits per heavy atom. The number of anilines is 2. The second-order valence-electron chi connectivity index (χ2n) is 10.7. The van der Waals surface area contributed by atoms with E-state index in [0.29, 0.717) is 34.7 Å². The summed E-state index contributed by atoms with van der Waals surface area (Å²) in [6.07, 6.45) is -4.76. The molecule has 4 aromatic rings. The Kier molecular flexibility index (Phi) is 8.49. The molecule has 0 saturated heterocycles. The van der Waals surface area contributed by atoms with E-state index in [0.717, 1.165) is 21.6 Å². The van der Waals surface area contributed by atoms with Crippen LogP contribution in [0.3, 0.4) is 0 Å². The molecule has 0 radical (unpaired) electrons. The van der Waals surface area contributed by atoms with Crippen LogP contribution in [0.1, 0.15) is 55.4 Å². The van der Waals surface area contributed by atoms with Crippen molar-refractivity contribution in [1.29, 1.82) is 0 Å². The van der Waals surface area contributed by atoms with Crippen LogP contribution in [0.5, 0.6) is 5.75 Å². The third-order valence-electron chi connectivity index (χ3n) is 7.58. The van der Waals surface area contributed by atoms with Gasteiger partial charge in [-0.25, -0.2) is 9.97 Å². The molecule has 1 fully saturated rings. The lowest BCUT2D eigenvalue weighted by Crippen LogP contribution is -2.48. The minimum absolute atomic E-state index is 0.177. The van der Waals surface area contributed by atoms with Crippen molar-refractivity contribution in [2.24, 2.45) is 5.92 Å². The summed E-state index contributed by atoms with van der Waals surface area (Å²) >= 11 is 1.44. The Hall–Kier alpha value is -3.59. The molecule has 4 unspecified atom stereocenters. The maximum atomic E-state index is 12.6. The molecular formula is C29H33F3N6O4S. The summed E-state index contributed by atoms with van der Waals surface area (Å²) in [5, 5.41) is 38.7. The number of rotatable bonds is 9. The predicted octanol–water partition coefficient (Wildman–Crippen LogP) is 5.26. The number of ether oxygens (including phenoxy) is 1. The summed E-state index contributed by atoms with van der Waals surface area (Å²) in [6, 6.07) is 7.02. The van der Waals surface area contributed by atoms with E-state index >= 15 is 0 Å². The smallest absolute Gasteiger partial charge is 0.406 e. The van der Waals surface area contributed by atoms with Gasteiger partial charge in [-0.1, -0.05) is 19.1 Å². The third kappa shape index (κ3) is 6.51. The second kappa shape index (κ2) is 11.8. The summed E-state index contributed by atoms with van der Waals surface area (Å²) in [7, 11) is 0. The summed E-state index contributed by atoms with van der Waals surface area (Å²) in [5.41, 5.74) is 2.48. The zero-order valence-electron chi connectivity index (χ0n) is 24.0. The van der Waals surface area contributed by atoms with Gasteiger partial charge in [0.25, 0.3) is 0 Å². The van der Waals surface area contributed by atoms with Crippen molar-refractivity contribution in [2.75, 3.05) is 17.2 Å². The highest BCUT2D eigenvalue weighted by molar-refractivity contribution is 7.21. The summed E-state index contributed by atoms with van der Waals surface area (Å²) in [5.74, 6) is -0.412. The number of nitrogens with zero attached hydrogens (tertiary/aromatic N) is 4. The van der Waals surface area contributed by atoms with E-state index in [2.05, 4.69) is 30.3 Å². The number of pyridine rings is 1. The molecule has 0 bridgehead atoms. The molecule has 1 aromatic carbocycles. The maximum Gasteiger partial charge on any atom is 0.573 e. The lowest BCUT2D eigenvalue weighted by molar-refractivity contribution is -0.274. The van der Waals surface area contributed by atoms with E-state index < -0.39 is 30.2 Å². The molecule has 43 heavy (non-hydrogen) atoms. The number of fused-ring (bicyclic) bond motifs is 1. The highest BCUT2D eigenvalue weighted by Gasteiger charge is 2.47. The Balaban J connectivity index is 1.52. The molecule has 5 N–H and O–H groups in total. The van der Waals surface area contributed by atoms with Crippen molar-refractivity contribution < 1.29 is 33.2 Å². The van der Waals surface area contributed by atoms with Crippen molar-refractivity contribution in [3.05, 3.63) is 53.0 Å². The van der Waals surface area contributed by atoms with Gasteiger partial charge in [-0.3, -0.25) is 4.98 Å². The van der Waals surface area contributed by atoms with Gasteiger partial charge in [-0.05, 0) is 63.8 Å². The SMILES string of the molecule is CCc1nc(C)cc2sc(-c3c(C)nc(NC(C)c4ccc(OC(F)(F)F)cc4)nc3NC3(O)CCC(CO)C3O)nc12. The minimum atomic E-state index is -4.78. The van der Waals surface area contributed by atoms with E-state index in [4.69, 9.17) is 4.98 Å². The standard InChI is InChI=1S/C29H33F3N6O4S/c1-5-20-23-21(12-14(2)33-20)43-26(36-23)22-16(4)35-27(37-25(22)38-28(41)11-10-18(13-39)24(28)40)34-15(3)17-6-8-19(9-7-17)42-29(30,31)32/h6-9,12,15,18,24,39-41H,5,10-11,13H2,1-4H3,(H2,34,35,37,38). The number of hydrogen-bond acceptors (Lipinski definition) is 11. The fourth-order valence-corrected chi connectivity index (χ4v) is 6.51. The van der Waals surface area contributed by atoms with Crippen LogP contribution in [-0.4, -0.2) is 60.1 Å². The lowest BCUT2D eigenvalue weighted by atomic mass is 10.0. The highest BCUT2D eigenvalue weighted by atomic mass is 32.1. The van der Waals surface area contributed by atoms with Gasteiger partial charge in [-0.2, -0.15) is 4.98 Å². The number of thiazole rings is 1. The molecule has 1 saturated carbocycles. The van der Waals surface area contributed by atoms with Crippen molar-refractivity contribution in [2.45, 2.75) is 71.2 Å². The van der Waals surface area contributed by atoms with Crippen LogP contribution in [0.15, 0.2) is 30.3 Å². The molecule has 14 heteroatoms. The zero-order valence-corrected chi connectivity index (χ0v) is 24.8. The number of hydrogen-bond donors (Lipinski definition) is 5. The van der Waals surface area contributed by atoms with Crippen molar-refractivity contribution in [3.8, 4) is 16.3 Å². The Labute approximate surface area is 250 Å². The third-order valence-corrected chi connectivity index (χ3v) is 8.60. The van der Waals surface area contributed by atoms with E-state index in [1.165, 1.54) is 35.6 Å². The second-order valence-corrected chi connectivity index (χ2v) is 11.8. The number of aliphatic hydroxyl groups excluding tert-OH is 2. The normalized spacial score (nSPS) is 21.3. The van der Waals surface area contributed by atoms with Crippen LogP contribution in [-0.2, 0) is 6.42 Å². The maximum absolute atomic E-state index is 12.6. The molecule has 3 aromatic heterocycles. The van der Waals surface area contributed by atoms with Gasteiger partial charge in [0.05, 0.1) is 27.7 Å². The molecule has 1 aliphatic carbocycles. The van der Waals surface area contributed by atoms with E-state index in [-0.39, 0.29) is 30.5 Å². The van der Waals surface area contributed by atoms with E-state index in [1.807, 2.05) is 19.9 Å². The molecule has 10 nitrogen and oxygen atoms in total. The molecule has 0 amide bonds. The van der Waals surface area contributed by atoms with Crippen LogP contribution < -0.4 is 15.4 Å². The largest absolute Gasteiger partial charge is 0.573 e. The summed E-state index contributed by atoms with van der Waals surface area (Å²) in [4.78, 5) is 18.8. The fourth-order valence-electron chi connectivity index (χ4n) is 5.33. The van der Waals surface area contributed by atoms with Gasteiger partial charge in [-0.15, -0.1) is 24.5 Å². The zero-order chi connectivity index (χ0) is 31.1. The first-order chi connectivity index (χ1) is 20.3. The predicted molar refractivity (Wildman–Crippen MR) is 157 cm³/mol. The van der Waals surface area contributed by atoms with Crippen molar-refractivity contribution in [3.63, 3.8) is 0 Å². The van der Waals surface area contributed by atoms with Gasteiger partial charge in [0, 0.05) is 18.2 Å². The van der Waals surface area contributed by atoms with Crippen LogP contribution in [0.2, 0.25) is 0 Å². The fraction of sp³-hybridized carbons (Fsp3) is 0.448. The Morgan fingerprint density at radius 3 is 2.49 bits per heavy atom. The average Bonchev–Trinajstić information content (AvgIpc) is 3.47. The van der Waals surface area contributed by atoms with E-state index in [1.54, 1.807) is 13.8 Å². The van der Waals surface area contributed by atoms with Gasteiger partial charge in [0.1, 0.15) is 28.2 Å². The quantitative estimate of drug-likeness (QED) is 0.157. The number of nitrogens with one attached hydrogen (secondary N) is 2. The first-order valence-corrected chi connectivity index (χ1v) is 14.7. The van der Waals surface area contributed by atoms with Crippen LogP contribution in [0.25, 0.3) is 20.8 Å². The molecule has 0 spiro atoms. The molecule has 0 aliphatic heterocycles. The average molecular weight is 619 g/mol. The summed E-state index contributed by atoms with van der Waals surface area (Å²) in [6.45, 7) is 7.24. The van der Waals surface area contributed by atoms with Gasteiger partial charge in [0.2, 0.25) is 5.95 Å². The molecule has 5 rings (SSSR count). The molecule has 1 aliphatic rings. The minimum Gasteiger partial charge on any atom is -0.406 e. The van der Waals surface area contributed by atoms with Crippen molar-refractivity contribution in [1.82, 2.24) is 19.9 Å². The Morgan fingerprint density at radius 2 is 1.86 bits per heavy atom. The first-order valence-electron chi connectivity index (χ1n) is 13.9. The van der Waals surface area contributed by atoms with Crippen molar-refractivity contribution >= 4 is 33.3 Å². The van der Waals surface area contributed by atoms with E-state index in [9.17, 15) is 28.5 Å². The van der Waals surface area contributed by atoms with Crippen LogP contribution >= 0.6 is 11.3 Å². The monoisotopic (exact) mass is 618 g/mol. The van der Waals surface area contributed by atoms with Gasteiger partial charge < -0.3 is 30.7 Å². The number of benzene rings is 1. The first kappa shape index (κ1) is 30.9. The van der Waals surface area contributed by atoms with Crippen LogP contribution in [0, 0.1) is 19.8 Å². The van der Waals surface area contributed by atoms with Gasteiger partial charge in [0.15, 0.2) is 5.72 Å². The molecule has 230 valence electrons. The van der Waals surface area contributed by atoms with Gasteiger partial charge >= 0.3 is 6.36 Å².